The van der Waals surface area contributed by atoms with E-state index in [0.717, 1.165) is 15.7 Å². The fourth-order valence-corrected chi connectivity index (χ4v) is 7.74. The molecule has 5 rings (SSSR count). The molecule has 1 fully saturated rings. The summed E-state index contributed by atoms with van der Waals surface area (Å²) in [7, 11) is -7.16. The minimum Gasteiger partial charge on any atom is -0.299 e. The number of aromatic nitrogens is 2. The topological polar surface area (TPSA) is 132 Å². The lowest BCUT2D eigenvalue weighted by atomic mass is 10.1. The molecule has 3 heterocycles. The van der Waals surface area contributed by atoms with Crippen LogP contribution in [0.25, 0.3) is 28.4 Å². The van der Waals surface area contributed by atoms with E-state index in [1.807, 2.05) is 24.3 Å². The molecule has 0 amide bonds. The Kier molecular flexibility index (Phi) is 7.34. The lowest BCUT2D eigenvalue weighted by molar-refractivity contribution is -0.385. The summed E-state index contributed by atoms with van der Waals surface area (Å²) in [6, 6.07) is 17.0. The van der Waals surface area contributed by atoms with Crippen LogP contribution in [0.2, 0.25) is 0 Å². The third kappa shape index (κ3) is 5.17. The van der Waals surface area contributed by atoms with Gasteiger partial charge in [-0.1, -0.05) is 55.1 Å². The van der Waals surface area contributed by atoms with Crippen LogP contribution in [-0.4, -0.2) is 60.2 Å². The molecule has 2 aromatic carbocycles. The molecular formula is C28H28N4O6S2. The Hall–Kier alpha value is -3.87. The van der Waals surface area contributed by atoms with Gasteiger partial charge in [0.05, 0.1) is 26.3 Å². The number of sulfone groups is 1. The Labute approximate surface area is 232 Å². The summed E-state index contributed by atoms with van der Waals surface area (Å²) in [5, 5.41) is 11.6. The highest BCUT2D eigenvalue weighted by atomic mass is 32.2. The van der Waals surface area contributed by atoms with Crippen LogP contribution < -0.4 is 0 Å². The summed E-state index contributed by atoms with van der Waals surface area (Å²) in [5.41, 5.74) is 1.89. The molecule has 0 saturated carbocycles. The van der Waals surface area contributed by atoms with Crippen molar-refractivity contribution in [1.82, 2.24) is 13.9 Å². The van der Waals surface area contributed by atoms with Crippen LogP contribution in [0.15, 0.2) is 78.3 Å². The van der Waals surface area contributed by atoms with Gasteiger partial charge in [0.25, 0.3) is 15.7 Å². The number of pyridine rings is 1. The molecule has 0 unspecified atom stereocenters. The summed E-state index contributed by atoms with van der Waals surface area (Å²) >= 11 is 0. The van der Waals surface area contributed by atoms with Crippen molar-refractivity contribution in [2.75, 3.05) is 19.3 Å². The van der Waals surface area contributed by atoms with Crippen LogP contribution in [-0.2, 0) is 26.4 Å². The molecule has 0 aliphatic carbocycles. The monoisotopic (exact) mass is 580 g/mol. The van der Waals surface area contributed by atoms with Crippen molar-refractivity contribution >= 4 is 42.7 Å². The molecule has 2 aromatic heterocycles. The molecule has 0 radical (unpaired) electrons. The highest BCUT2D eigenvalue weighted by molar-refractivity contribution is 7.91. The molecule has 0 N–H and O–H groups in total. The predicted molar refractivity (Wildman–Crippen MR) is 154 cm³/mol. The molecule has 10 nitrogen and oxygen atoms in total. The number of fused-ring (bicyclic) bond motifs is 1. The van der Waals surface area contributed by atoms with Crippen LogP contribution in [0.4, 0.5) is 5.69 Å². The quantitative estimate of drug-likeness (QED) is 0.220. The summed E-state index contributed by atoms with van der Waals surface area (Å²) in [6.07, 6.45) is 4.87. The zero-order valence-corrected chi connectivity index (χ0v) is 23.4. The smallest absolute Gasteiger partial charge is 0.295 e. The van der Waals surface area contributed by atoms with E-state index in [0.29, 0.717) is 49.1 Å². The first-order valence-corrected chi connectivity index (χ1v) is 16.0. The van der Waals surface area contributed by atoms with Crippen molar-refractivity contribution in [3.63, 3.8) is 0 Å². The van der Waals surface area contributed by atoms with Crippen LogP contribution in [0.1, 0.15) is 24.0 Å². The highest BCUT2D eigenvalue weighted by Crippen LogP contribution is 2.36. The van der Waals surface area contributed by atoms with Crippen LogP contribution in [0.3, 0.4) is 0 Å². The maximum Gasteiger partial charge on any atom is 0.295 e. The first kappa shape index (κ1) is 27.7. The summed E-state index contributed by atoms with van der Waals surface area (Å²) in [6.45, 7) is 5.70. The summed E-state index contributed by atoms with van der Waals surface area (Å²) < 4.78 is 52.6. The van der Waals surface area contributed by atoms with Gasteiger partial charge in [-0.15, -0.1) is 0 Å². The van der Waals surface area contributed by atoms with Gasteiger partial charge in [-0.3, -0.25) is 15.0 Å². The van der Waals surface area contributed by atoms with Crippen molar-refractivity contribution in [3.05, 3.63) is 94.7 Å². The van der Waals surface area contributed by atoms with Gasteiger partial charge in [-0.05, 0) is 55.3 Å². The Morgan fingerprint density at radius 3 is 2.27 bits per heavy atom. The Morgan fingerprint density at radius 1 is 1.05 bits per heavy atom. The Morgan fingerprint density at radius 2 is 1.70 bits per heavy atom. The Balaban J connectivity index is 1.55. The molecule has 1 aliphatic heterocycles. The number of likely N-dealkylation sites (tertiary alicyclic amines) is 1. The zero-order valence-electron chi connectivity index (χ0n) is 21.8. The first-order chi connectivity index (χ1) is 19.0. The van der Waals surface area contributed by atoms with Crippen molar-refractivity contribution in [2.24, 2.45) is 0 Å². The lowest BCUT2D eigenvalue weighted by Gasteiger charge is -2.31. The second-order valence-electron chi connectivity index (χ2n) is 9.87. The van der Waals surface area contributed by atoms with Crippen molar-refractivity contribution in [2.45, 2.75) is 29.5 Å². The highest BCUT2D eigenvalue weighted by Gasteiger charge is 2.29. The van der Waals surface area contributed by atoms with Gasteiger partial charge < -0.3 is 0 Å². The minimum absolute atomic E-state index is 0.0585. The average Bonchev–Trinajstić information content (AvgIpc) is 3.34. The molecule has 4 aromatic rings. The zero-order chi connectivity index (χ0) is 28.7. The number of rotatable bonds is 8. The minimum atomic E-state index is -4.12. The van der Waals surface area contributed by atoms with E-state index in [1.165, 1.54) is 24.5 Å². The molecule has 1 saturated heterocycles. The van der Waals surface area contributed by atoms with E-state index >= 15 is 0 Å². The third-order valence-electron chi connectivity index (χ3n) is 7.29. The Bertz CT molecular complexity index is 1810. The maximum absolute atomic E-state index is 13.9. The van der Waals surface area contributed by atoms with E-state index in [9.17, 15) is 26.9 Å². The van der Waals surface area contributed by atoms with Crippen LogP contribution in [0, 0.1) is 10.1 Å². The molecular weight excluding hydrogens is 552 g/mol. The third-order valence-corrected chi connectivity index (χ3v) is 10.7. The normalized spacial score (nSPS) is 15.3. The van der Waals surface area contributed by atoms with E-state index in [-0.39, 0.29) is 27.0 Å². The fraction of sp³-hybridized carbons (Fsp3) is 0.250. The molecule has 12 heteroatoms. The maximum atomic E-state index is 13.9. The van der Waals surface area contributed by atoms with Gasteiger partial charge in [-0.2, -0.15) is 0 Å². The lowest BCUT2D eigenvalue weighted by Crippen LogP contribution is -2.38. The van der Waals surface area contributed by atoms with Gasteiger partial charge in [0, 0.05) is 18.2 Å². The van der Waals surface area contributed by atoms with E-state index in [4.69, 9.17) is 0 Å². The number of nitro groups is 1. The molecule has 40 heavy (non-hydrogen) atoms. The van der Waals surface area contributed by atoms with Crippen LogP contribution in [0.5, 0.6) is 0 Å². The largest absolute Gasteiger partial charge is 0.299 e. The SMILES string of the molecule is C=Cc1c([N+](=O)[O-])cnc2c1cc(-c1ccc(CN3CCC(S(C)(=O)=O)CC3)cc1)n2S(=O)(=O)c1ccccc1. The first-order valence-electron chi connectivity index (χ1n) is 12.6. The molecule has 1 aliphatic rings. The van der Waals surface area contributed by atoms with Crippen molar-refractivity contribution in [1.29, 1.82) is 0 Å². The average molecular weight is 581 g/mol. The number of hydrogen-bond acceptors (Lipinski definition) is 8. The van der Waals surface area contributed by atoms with Gasteiger partial charge in [0.1, 0.15) is 16.0 Å². The number of hydrogen-bond donors (Lipinski definition) is 0. The second kappa shape index (κ2) is 10.6. The van der Waals surface area contributed by atoms with Crippen molar-refractivity contribution < 1.29 is 21.8 Å². The molecule has 0 bridgehead atoms. The van der Waals surface area contributed by atoms with Crippen molar-refractivity contribution in [3.8, 4) is 11.3 Å². The van der Waals surface area contributed by atoms with E-state index < -0.39 is 24.8 Å². The fourth-order valence-electron chi connectivity index (χ4n) is 5.17. The number of piperidine rings is 1. The number of benzene rings is 2. The molecule has 208 valence electrons. The molecule has 0 spiro atoms. The van der Waals surface area contributed by atoms with Gasteiger partial charge in [0.15, 0.2) is 5.65 Å². The standard InChI is InChI=1S/C28H28N4O6S2/c1-3-24-25-17-26(21-11-9-20(10-12-21)19-30-15-13-22(14-16-30)39(2,35)36)31(28(25)29-18-27(24)32(33)34)40(37,38)23-7-5-4-6-8-23/h3-12,17-18,22H,1,13-16,19H2,2H3. The summed E-state index contributed by atoms with van der Waals surface area (Å²) in [4.78, 5) is 17.5. The van der Waals surface area contributed by atoms with Crippen LogP contribution >= 0.6 is 0 Å². The summed E-state index contributed by atoms with van der Waals surface area (Å²) in [5.74, 6) is 0. The predicted octanol–water partition coefficient (Wildman–Crippen LogP) is 4.50. The van der Waals surface area contributed by atoms with E-state index in [1.54, 1.807) is 24.3 Å². The second-order valence-corrected chi connectivity index (χ2v) is 14.0. The van der Waals surface area contributed by atoms with Gasteiger partial charge in [0.2, 0.25) is 0 Å². The number of nitrogens with zero attached hydrogens (tertiary/aromatic N) is 4. The van der Waals surface area contributed by atoms with Gasteiger partial charge in [-0.25, -0.2) is 25.8 Å². The van der Waals surface area contributed by atoms with Gasteiger partial charge >= 0.3 is 0 Å². The van der Waals surface area contributed by atoms with E-state index in [2.05, 4.69) is 16.5 Å². The molecule has 0 atom stereocenters.